The molecular weight excluding hydrogens is 324 g/mol. The Hall–Kier alpha value is -0.956. The molecule has 0 amide bonds. The third-order valence-electron chi connectivity index (χ3n) is 3.89. The van der Waals surface area contributed by atoms with Gasteiger partial charge in [0.05, 0.1) is 12.2 Å². The number of rotatable bonds is 11. The Bertz CT molecular complexity index is 485. The molecule has 0 bridgehead atoms. The summed E-state index contributed by atoms with van der Waals surface area (Å²) in [5, 5.41) is 0. The molecule has 1 aromatic carbocycles. The quantitative estimate of drug-likeness (QED) is 0.348. The maximum Gasteiger partial charge on any atom is 0.161 e. The highest BCUT2D eigenvalue weighted by Crippen LogP contribution is 2.29. The molecular formula is C17H30O4Si2. The van der Waals surface area contributed by atoms with Crippen LogP contribution < -0.4 is 4.74 Å². The van der Waals surface area contributed by atoms with E-state index in [1.54, 1.807) is 0 Å². The van der Waals surface area contributed by atoms with Gasteiger partial charge in [-0.05, 0) is 30.5 Å². The Labute approximate surface area is 144 Å². The van der Waals surface area contributed by atoms with Crippen LogP contribution in [0.15, 0.2) is 18.2 Å². The predicted molar refractivity (Wildman–Crippen MR) is 99.9 cm³/mol. The molecule has 6 heteroatoms. The van der Waals surface area contributed by atoms with E-state index in [0.29, 0.717) is 17.9 Å². The molecule has 0 atom stereocenters. The van der Waals surface area contributed by atoms with Gasteiger partial charge in [0.2, 0.25) is 0 Å². The van der Waals surface area contributed by atoms with Gasteiger partial charge in [-0.25, -0.2) is 0 Å². The van der Waals surface area contributed by atoms with Crippen molar-refractivity contribution in [3.05, 3.63) is 29.3 Å². The van der Waals surface area contributed by atoms with Crippen molar-refractivity contribution < 1.29 is 18.4 Å². The van der Waals surface area contributed by atoms with Gasteiger partial charge >= 0.3 is 0 Å². The molecule has 0 aromatic heterocycles. The lowest BCUT2D eigenvalue weighted by atomic mass is 9.89. The number of carbonyl (C=O) groups excluding carboxylic acids is 1. The first-order chi connectivity index (χ1) is 11.0. The van der Waals surface area contributed by atoms with Gasteiger partial charge in [-0.1, -0.05) is 39.9 Å². The third-order valence-corrected chi connectivity index (χ3v) is 5.16. The van der Waals surface area contributed by atoms with Crippen LogP contribution in [0.1, 0.15) is 43.1 Å². The lowest BCUT2D eigenvalue weighted by Gasteiger charge is -2.34. The summed E-state index contributed by atoms with van der Waals surface area (Å²) in [4.78, 5) is 11.2. The maximum atomic E-state index is 11.2. The number of hydrogen-bond acceptors (Lipinski definition) is 4. The average molecular weight is 355 g/mol. The smallest absolute Gasteiger partial charge is 0.161 e. The van der Waals surface area contributed by atoms with Gasteiger partial charge in [0.1, 0.15) is 12.0 Å². The average Bonchev–Trinajstić information content (AvgIpc) is 2.54. The molecule has 0 aliphatic rings. The third kappa shape index (κ3) is 6.21. The topological polar surface area (TPSA) is 44.8 Å². The molecule has 0 radical (unpaired) electrons. The zero-order valence-electron chi connectivity index (χ0n) is 15.1. The van der Waals surface area contributed by atoms with Crippen molar-refractivity contribution in [3.63, 3.8) is 0 Å². The van der Waals surface area contributed by atoms with E-state index in [2.05, 4.69) is 33.9 Å². The zero-order chi connectivity index (χ0) is 17.3. The van der Waals surface area contributed by atoms with Crippen molar-refractivity contribution in [2.75, 3.05) is 6.61 Å². The number of aldehydes is 1. The summed E-state index contributed by atoms with van der Waals surface area (Å²) in [6, 6.07) is 5.79. The largest absolute Gasteiger partial charge is 0.493 e. The van der Waals surface area contributed by atoms with Crippen LogP contribution in [0.3, 0.4) is 0 Å². The number of carbonyl (C=O) groups is 1. The summed E-state index contributed by atoms with van der Waals surface area (Å²) in [6.45, 7) is 11.1. The number of aryl methyl sites for hydroxylation is 1. The summed E-state index contributed by atoms with van der Waals surface area (Å²) in [5.41, 5.74) is 1.66. The highest BCUT2D eigenvalue weighted by atomic mass is 28.2. The van der Waals surface area contributed by atoms with E-state index in [1.165, 1.54) is 0 Å². The van der Waals surface area contributed by atoms with Crippen LogP contribution >= 0.6 is 0 Å². The Kier molecular flexibility index (Phi) is 8.75. The standard InChI is InChI=1S/C17H30O4Si2/c1-6-13-7-8-15(14(11-13)12-18)19-10-9-17(2,3)16(20-22-4)21-23-5/h7-8,11-12,16H,6,9-10,22-23H2,1-5H3. The van der Waals surface area contributed by atoms with E-state index >= 15 is 0 Å². The Balaban J connectivity index is 2.66. The molecule has 0 spiro atoms. The molecule has 0 aliphatic heterocycles. The molecule has 0 unspecified atom stereocenters. The van der Waals surface area contributed by atoms with E-state index in [1.807, 2.05) is 18.2 Å². The first kappa shape index (κ1) is 20.1. The molecule has 0 N–H and O–H groups in total. The molecule has 130 valence electrons. The normalized spacial score (nSPS) is 14.0. The fourth-order valence-electron chi connectivity index (χ4n) is 2.39. The monoisotopic (exact) mass is 354 g/mol. The van der Waals surface area contributed by atoms with Crippen molar-refractivity contribution in [2.45, 2.75) is 53.0 Å². The number of benzene rings is 1. The minimum Gasteiger partial charge on any atom is -0.493 e. The number of hydrogen-bond donors (Lipinski definition) is 0. The summed E-state index contributed by atoms with van der Waals surface area (Å²) in [7, 11) is -1.03. The van der Waals surface area contributed by atoms with E-state index in [-0.39, 0.29) is 11.7 Å². The van der Waals surface area contributed by atoms with Crippen LogP contribution in [-0.4, -0.2) is 38.7 Å². The Morgan fingerprint density at radius 3 is 2.39 bits per heavy atom. The van der Waals surface area contributed by atoms with Crippen molar-refractivity contribution in [2.24, 2.45) is 5.41 Å². The van der Waals surface area contributed by atoms with Crippen molar-refractivity contribution >= 4 is 25.8 Å². The van der Waals surface area contributed by atoms with Gasteiger partial charge in [0, 0.05) is 5.41 Å². The fraction of sp³-hybridized carbons (Fsp3) is 0.588. The summed E-state index contributed by atoms with van der Waals surface area (Å²) >= 11 is 0. The highest BCUT2D eigenvalue weighted by molar-refractivity contribution is 6.26. The number of ether oxygens (including phenoxy) is 1. The first-order valence-electron chi connectivity index (χ1n) is 8.42. The second kappa shape index (κ2) is 10.0. The van der Waals surface area contributed by atoms with Crippen molar-refractivity contribution in [1.82, 2.24) is 0 Å². The first-order valence-corrected chi connectivity index (χ1v) is 12.4. The summed E-state index contributed by atoms with van der Waals surface area (Å²) in [5.74, 6) is 0.654. The van der Waals surface area contributed by atoms with Gasteiger partial charge in [-0.15, -0.1) is 0 Å². The lowest BCUT2D eigenvalue weighted by Crippen LogP contribution is -2.37. The SMILES string of the molecule is CCc1ccc(OCCC(C)(C)C(O[SiH2]C)O[SiH2]C)c(C=O)c1. The zero-order valence-corrected chi connectivity index (χ0v) is 17.9. The predicted octanol–water partition coefficient (Wildman–Crippen LogP) is 2.48. The van der Waals surface area contributed by atoms with Gasteiger partial charge in [-0.3, -0.25) is 4.79 Å². The van der Waals surface area contributed by atoms with Crippen molar-refractivity contribution in [1.29, 1.82) is 0 Å². The van der Waals surface area contributed by atoms with Crippen LogP contribution in [0.2, 0.25) is 13.1 Å². The lowest BCUT2D eigenvalue weighted by molar-refractivity contribution is -0.0854. The molecule has 1 aromatic rings. The molecule has 1 rings (SSSR count). The fourth-order valence-corrected chi connectivity index (χ4v) is 4.28. The minimum absolute atomic E-state index is 0.100. The molecule has 0 fully saturated rings. The van der Waals surface area contributed by atoms with Crippen LogP contribution in [0, 0.1) is 5.41 Å². The maximum absolute atomic E-state index is 11.2. The van der Waals surface area contributed by atoms with Gasteiger partial charge in [0.25, 0.3) is 0 Å². The Morgan fingerprint density at radius 2 is 1.87 bits per heavy atom. The van der Waals surface area contributed by atoms with Crippen LogP contribution in [0.25, 0.3) is 0 Å². The van der Waals surface area contributed by atoms with Crippen LogP contribution in [0.4, 0.5) is 0 Å². The Morgan fingerprint density at radius 1 is 1.22 bits per heavy atom. The highest BCUT2D eigenvalue weighted by Gasteiger charge is 2.30. The van der Waals surface area contributed by atoms with E-state index in [4.69, 9.17) is 13.6 Å². The van der Waals surface area contributed by atoms with Gasteiger partial charge in [0.15, 0.2) is 25.8 Å². The minimum atomic E-state index is -0.515. The van der Waals surface area contributed by atoms with Gasteiger partial charge < -0.3 is 13.6 Å². The second-order valence-corrected chi connectivity index (χ2v) is 7.99. The van der Waals surface area contributed by atoms with E-state index < -0.39 is 19.5 Å². The molecule has 0 aliphatic carbocycles. The van der Waals surface area contributed by atoms with E-state index in [9.17, 15) is 4.79 Å². The molecule has 4 nitrogen and oxygen atoms in total. The molecule has 0 heterocycles. The van der Waals surface area contributed by atoms with Crippen molar-refractivity contribution in [3.8, 4) is 5.75 Å². The summed E-state index contributed by atoms with van der Waals surface area (Å²) < 4.78 is 17.6. The second-order valence-electron chi connectivity index (χ2n) is 6.17. The molecule has 0 saturated carbocycles. The van der Waals surface area contributed by atoms with Gasteiger partial charge in [-0.2, -0.15) is 0 Å². The molecule has 23 heavy (non-hydrogen) atoms. The summed E-state index contributed by atoms with van der Waals surface area (Å²) in [6.07, 6.45) is 2.45. The van der Waals surface area contributed by atoms with Crippen LogP contribution in [0.5, 0.6) is 5.75 Å². The molecule has 0 saturated heterocycles. The van der Waals surface area contributed by atoms with E-state index in [0.717, 1.165) is 24.7 Å². The van der Waals surface area contributed by atoms with Crippen LogP contribution in [-0.2, 0) is 15.3 Å².